The van der Waals surface area contributed by atoms with Crippen LogP contribution in [0.15, 0.2) is 47.8 Å². The maximum atomic E-state index is 12.6. The molecule has 0 spiro atoms. The van der Waals surface area contributed by atoms with Crippen molar-refractivity contribution in [2.24, 2.45) is 0 Å². The summed E-state index contributed by atoms with van der Waals surface area (Å²) in [5.41, 5.74) is 0.784. The zero-order valence-electron chi connectivity index (χ0n) is 12.4. The van der Waals surface area contributed by atoms with Crippen LogP contribution in [0.2, 0.25) is 0 Å². The molecular weight excluding hydrogens is 264 g/mol. The van der Waals surface area contributed by atoms with Crippen LogP contribution in [0.25, 0.3) is 10.9 Å². The third kappa shape index (κ3) is 3.05. The summed E-state index contributed by atoms with van der Waals surface area (Å²) in [6.07, 6.45) is 2.41. The second-order valence-electron chi connectivity index (χ2n) is 5.22. The van der Waals surface area contributed by atoms with Gasteiger partial charge in [0.25, 0.3) is 11.5 Å². The van der Waals surface area contributed by atoms with Gasteiger partial charge < -0.3 is 9.88 Å². The van der Waals surface area contributed by atoms with Gasteiger partial charge >= 0.3 is 0 Å². The van der Waals surface area contributed by atoms with Crippen molar-refractivity contribution in [3.05, 3.63) is 58.9 Å². The molecule has 4 heteroatoms. The average Bonchev–Trinajstić information content (AvgIpc) is 2.46. The van der Waals surface area contributed by atoms with Crippen molar-refractivity contribution < 1.29 is 4.79 Å². The molecule has 1 amide bonds. The van der Waals surface area contributed by atoms with Gasteiger partial charge in [-0.15, -0.1) is 6.58 Å². The topological polar surface area (TPSA) is 51.1 Å². The fraction of sp³-hybridized carbons (Fsp3) is 0.294. The number of nitrogens with one attached hydrogen (secondary N) is 1. The summed E-state index contributed by atoms with van der Waals surface area (Å²) in [5.74, 6) is -0.331. The van der Waals surface area contributed by atoms with E-state index in [1.165, 1.54) is 0 Å². The normalized spacial score (nSPS) is 10.8. The van der Waals surface area contributed by atoms with Crippen LogP contribution in [0.3, 0.4) is 0 Å². The first kappa shape index (κ1) is 15.0. The summed E-state index contributed by atoms with van der Waals surface area (Å²) in [6.45, 7) is 7.97. The molecule has 110 valence electrons. The number of benzene rings is 1. The van der Waals surface area contributed by atoms with Gasteiger partial charge in [-0.3, -0.25) is 9.59 Å². The van der Waals surface area contributed by atoms with Gasteiger partial charge in [-0.1, -0.05) is 24.3 Å². The van der Waals surface area contributed by atoms with Crippen LogP contribution >= 0.6 is 0 Å². The number of para-hydroxylation sites is 1. The van der Waals surface area contributed by atoms with E-state index in [1.54, 1.807) is 16.7 Å². The van der Waals surface area contributed by atoms with Crippen molar-refractivity contribution in [3.63, 3.8) is 0 Å². The quantitative estimate of drug-likeness (QED) is 0.678. The van der Waals surface area contributed by atoms with Gasteiger partial charge in [-0.2, -0.15) is 0 Å². The van der Waals surface area contributed by atoms with Gasteiger partial charge in [0.15, 0.2) is 0 Å². The molecule has 0 unspecified atom stereocenters. The molecule has 21 heavy (non-hydrogen) atoms. The number of nitrogens with zero attached hydrogens (tertiary/aromatic N) is 1. The SMILES string of the molecule is C=CCCNC(=O)c1cc2ccccc2n(C(C)C)c1=O. The minimum atomic E-state index is -0.331. The van der Waals surface area contributed by atoms with Gasteiger partial charge in [-0.05, 0) is 37.8 Å². The third-order valence-corrected chi connectivity index (χ3v) is 3.34. The lowest BCUT2D eigenvalue weighted by molar-refractivity contribution is 0.0952. The molecular formula is C17H20N2O2. The van der Waals surface area contributed by atoms with Crippen LogP contribution in [-0.2, 0) is 0 Å². The average molecular weight is 284 g/mol. The lowest BCUT2D eigenvalue weighted by Crippen LogP contribution is -2.34. The number of hydrogen-bond acceptors (Lipinski definition) is 2. The maximum Gasteiger partial charge on any atom is 0.264 e. The van der Waals surface area contributed by atoms with E-state index in [9.17, 15) is 9.59 Å². The van der Waals surface area contributed by atoms with Crippen molar-refractivity contribution >= 4 is 16.8 Å². The summed E-state index contributed by atoms with van der Waals surface area (Å²) in [5, 5.41) is 3.64. The second-order valence-corrected chi connectivity index (χ2v) is 5.22. The first-order valence-electron chi connectivity index (χ1n) is 7.09. The number of fused-ring (bicyclic) bond motifs is 1. The Labute approximate surface area is 124 Å². The number of aromatic nitrogens is 1. The number of pyridine rings is 1. The summed E-state index contributed by atoms with van der Waals surface area (Å²) in [7, 11) is 0. The highest BCUT2D eigenvalue weighted by atomic mass is 16.2. The Morgan fingerprint density at radius 2 is 2.10 bits per heavy atom. The molecule has 1 aromatic carbocycles. The van der Waals surface area contributed by atoms with Crippen LogP contribution in [0.1, 0.15) is 36.7 Å². The molecule has 1 heterocycles. The van der Waals surface area contributed by atoms with Gasteiger partial charge in [0, 0.05) is 12.6 Å². The van der Waals surface area contributed by atoms with Crippen LogP contribution in [0.5, 0.6) is 0 Å². The van der Waals surface area contributed by atoms with Gasteiger partial charge in [0.2, 0.25) is 0 Å². The van der Waals surface area contributed by atoms with Crippen molar-refractivity contribution in [2.75, 3.05) is 6.54 Å². The van der Waals surface area contributed by atoms with Crippen molar-refractivity contribution in [1.82, 2.24) is 9.88 Å². The Bertz CT molecular complexity index is 729. The molecule has 0 radical (unpaired) electrons. The maximum absolute atomic E-state index is 12.6. The van der Waals surface area contributed by atoms with E-state index >= 15 is 0 Å². The molecule has 0 fully saturated rings. The molecule has 0 aliphatic rings. The van der Waals surface area contributed by atoms with E-state index in [-0.39, 0.29) is 23.1 Å². The van der Waals surface area contributed by atoms with Gasteiger partial charge in [0.1, 0.15) is 5.56 Å². The standard InChI is InChI=1S/C17H20N2O2/c1-4-5-10-18-16(20)14-11-13-8-6-7-9-15(13)19(12(2)3)17(14)21/h4,6-9,11-12H,1,5,10H2,2-3H3,(H,18,20). The van der Waals surface area contributed by atoms with E-state index in [1.807, 2.05) is 38.1 Å². The minimum Gasteiger partial charge on any atom is -0.352 e. The largest absolute Gasteiger partial charge is 0.352 e. The summed E-state index contributed by atoms with van der Waals surface area (Å²) < 4.78 is 1.66. The first-order chi connectivity index (χ1) is 10.1. The fourth-order valence-corrected chi connectivity index (χ4v) is 2.34. The smallest absolute Gasteiger partial charge is 0.264 e. The van der Waals surface area contributed by atoms with Crippen molar-refractivity contribution in [1.29, 1.82) is 0 Å². The molecule has 1 aromatic heterocycles. The highest BCUT2D eigenvalue weighted by Crippen LogP contribution is 2.17. The van der Waals surface area contributed by atoms with Crippen LogP contribution in [0, 0.1) is 0 Å². The lowest BCUT2D eigenvalue weighted by Gasteiger charge is -2.15. The minimum absolute atomic E-state index is 0.0108. The molecule has 2 rings (SSSR count). The Kier molecular flexibility index (Phi) is 4.58. The molecule has 0 aliphatic heterocycles. The van der Waals surface area contributed by atoms with Crippen LogP contribution in [0.4, 0.5) is 0 Å². The predicted molar refractivity (Wildman–Crippen MR) is 85.7 cm³/mol. The Morgan fingerprint density at radius 3 is 2.76 bits per heavy atom. The Hall–Kier alpha value is -2.36. The van der Waals surface area contributed by atoms with E-state index < -0.39 is 0 Å². The predicted octanol–water partition coefficient (Wildman–Crippen LogP) is 2.89. The second kappa shape index (κ2) is 6.39. The summed E-state index contributed by atoms with van der Waals surface area (Å²) >= 11 is 0. The summed E-state index contributed by atoms with van der Waals surface area (Å²) in [4.78, 5) is 24.8. The zero-order chi connectivity index (χ0) is 15.4. The number of rotatable bonds is 5. The zero-order valence-corrected chi connectivity index (χ0v) is 12.4. The fourth-order valence-electron chi connectivity index (χ4n) is 2.34. The molecule has 0 aliphatic carbocycles. The summed E-state index contributed by atoms with van der Waals surface area (Å²) in [6, 6.07) is 9.26. The van der Waals surface area contributed by atoms with Crippen molar-refractivity contribution in [2.45, 2.75) is 26.3 Å². The number of amides is 1. The number of carbonyl (C=O) groups excluding carboxylic acids is 1. The molecule has 4 nitrogen and oxygen atoms in total. The number of carbonyl (C=O) groups is 1. The lowest BCUT2D eigenvalue weighted by atomic mass is 10.1. The highest BCUT2D eigenvalue weighted by molar-refractivity contribution is 5.97. The van der Waals surface area contributed by atoms with E-state index in [4.69, 9.17) is 0 Å². The molecule has 0 bridgehead atoms. The monoisotopic (exact) mass is 284 g/mol. The van der Waals surface area contributed by atoms with Crippen molar-refractivity contribution in [3.8, 4) is 0 Å². The van der Waals surface area contributed by atoms with E-state index in [0.717, 1.165) is 10.9 Å². The highest BCUT2D eigenvalue weighted by Gasteiger charge is 2.16. The van der Waals surface area contributed by atoms with Gasteiger partial charge in [-0.25, -0.2) is 0 Å². The first-order valence-corrected chi connectivity index (χ1v) is 7.09. The number of hydrogen-bond donors (Lipinski definition) is 1. The Morgan fingerprint density at radius 1 is 1.38 bits per heavy atom. The molecule has 2 aromatic rings. The molecule has 1 N–H and O–H groups in total. The van der Waals surface area contributed by atoms with E-state index in [0.29, 0.717) is 13.0 Å². The molecule has 0 atom stereocenters. The molecule has 0 saturated carbocycles. The third-order valence-electron chi connectivity index (χ3n) is 3.34. The Balaban J connectivity index is 2.54. The van der Waals surface area contributed by atoms with E-state index in [2.05, 4.69) is 11.9 Å². The van der Waals surface area contributed by atoms with Crippen LogP contribution in [-0.4, -0.2) is 17.0 Å². The molecule has 0 saturated heterocycles. The van der Waals surface area contributed by atoms with Gasteiger partial charge in [0.05, 0.1) is 5.52 Å². The van der Waals surface area contributed by atoms with Crippen LogP contribution < -0.4 is 10.9 Å².